The number of carbonyl (C=O) groups excluding carboxylic acids is 1. The lowest BCUT2D eigenvalue weighted by atomic mass is 10.1. The zero-order valence-electron chi connectivity index (χ0n) is 17.1. The minimum absolute atomic E-state index is 0.0602. The van der Waals surface area contributed by atoms with Crippen LogP contribution in [0.2, 0.25) is 0 Å². The van der Waals surface area contributed by atoms with Gasteiger partial charge in [-0.2, -0.15) is 15.2 Å². The summed E-state index contributed by atoms with van der Waals surface area (Å²) < 4.78 is 15.1. The fraction of sp³-hybridized carbons (Fsp3) is 0.286. The lowest BCUT2D eigenvalue weighted by Gasteiger charge is -2.14. The van der Waals surface area contributed by atoms with Crippen molar-refractivity contribution in [3.05, 3.63) is 48.8 Å². The average Bonchev–Trinajstić information content (AvgIpc) is 3.54. The van der Waals surface area contributed by atoms with Gasteiger partial charge in [-0.1, -0.05) is 0 Å². The summed E-state index contributed by atoms with van der Waals surface area (Å²) in [4.78, 5) is 21.0. The Balaban J connectivity index is 1.63. The Morgan fingerprint density at radius 3 is 2.81 bits per heavy atom. The zero-order chi connectivity index (χ0) is 21.4. The molecule has 0 bridgehead atoms. The van der Waals surface area contributed by atoms with Crippen LogP contribution in [0, 0.1) is 0 Å². The lowest BCUT2D eigenvalue weighted by Crippen LogP contribution is -2.18. The maximum Gasteiger partial charge on any atom is 0.252 e. The minimum atomic E-state index is -0.206. The van der Waals surface area contributed by atoms with Crippen LogP contribution in [0.3, 0.4) is 0 Å². The molecule has 4 aromatic heterocycles. The number of ether oxygens (including phenoxy) is 2. The molecule has 0 saturated carbocycles. The molecular weight excluding hydrogens is 398 g/mol. The normalized spacial score (nSPS) is 16.0. The van der Waals surface area contributed by atoms with Gasteiger partial charge in [-0.25, -0.2) is 4.52 Å². The third-order valence-electron chi connectivity index (χ3n) is 5.18. The summed E-state index contributed by atoms with van der Waals surface area (Å²) in [7, 11) is 3.45. The molecule has 1 amide bonds. The summed E-state index contributed by atoms with van der Waals surface area (Å²) in [5.41, 5.74) is 4.24. The Morgan fingerprint density at radius 1 is 1.16 bits per heavy atom. The maximum atomic E-state index is 12.0. The first-order valence-electron chi connectivity index (χ1n) is 9.91. The molecule has 4 aromatic rings. The molecular formula is C21H21N7O3. The van der Waals surface area contributed by atoms with E-state index in [0.29, 0.717) is 30.3 Å². The largest absolute Gasteiger partial charge is 0.471 e. The molecule has 1 N–H and O–H groups in total. The third-order valence-corrected chi connectivity index (χ3v) is 5.18. The molecule has 1 atom stereocenters. The molecule has 0 aliphatic carbocycles. The van der Waals surface area contributed by atoms with E-state index in [-0.39, 0.29) is 12.0 Å². The van der Waals surface area contributed by atoms with Crippen molar-refractivity contribution in [2.75, 3.05) is 20.3 Å². The highest BCUT2D eigenvalue weighted by Gasteiger charge is 2.22. The van der Waals surface area contributed by atoms with E-state index in [1.807, 2.05) is 19.4 Å². The molecule has 5 heterocycles. The first-order valence-corrected chi connectivity index (χ1v) is 9.91. The second-order valence-corrected chi connectivity index (χ2v) is 7.33. The summed E-state index contributed by atoms with van der Waals surface area (Å²) >= 11 is 0. The van der Waals surface area contributed by atoms with Gasteiger partial charge < -0.3 is 14.8 Å². The predicted molar refractivity (Wildman–Crippen MR) is 112 cm³/mol. The van der Waals surface area contributed by atoms with Gasteiger partial charge in [0.05, 0.1) is 36.7 Å². The van der Waals surface area contributed by atoms with E-state index in [9.17, 15) is 4.79 Å². The maximum absolute atomic E-state index is 12.0. The second-order valence-electron chi connectivity index (χ2n) is 7.33. The number of hydrogen-bond acceptors (Lipinski definition) is 7. The number of hydrogen-bond donors (Lipinski definition) is 1. The lowest BCUT2D eigenvalue weighted by molar-refractivity contribution is 0.0962. The number of nitrogens with one attached hydrogen (secondary N) is 1. The van der Waals surface area contributed by atoms with Crippen LogP contribution in [0.5, 0.6) is 5.88 Å². The number of rotatable bonds is 5. The highest BCUT2D eigenvalue weighted by Crippen LogP contribution is 2.33. The Hall–Kier alpha value is -3.79. The molecule has 0 radical (unpaired) electrons. The molecule has 10 nitrogen and oxygen atoms in total. The number of carbonyl (C=O) groups is 1. The minimum Gasteiger partial charge on any atom is -0.471 e. The molecule has 0 spiro atoms. The molecule has 1 aliphatic heterocycles. The van der Waals surface area contributed by atoms with Crippen molar-refractivity contribution in [2.24, 2.45) is 7.05 Å². The van der Waals surface area contributed by atoms with Gasteiger partial charge in [0, 0.05) is 62.0 Å². The van der Waals surface area contributed by atoms with Crippen LogP contribution in [-0.2, 0) is 11.8 Å². The van der Waals surface area contributed by atoms with E-state index in [2.05, 4.69) is 20.5 Å². The van der Waals surface area contributed by atoms with Gasteiger partial charge in [-0.05, 0) is 6.07 Å². The van der Waals surface area contributed by atoms with Gasteiger partial charge in [-0.3, -0.25) is 14.5 Å². The highest BCUT2D eigenvalue weighted by molar-refractivity contribution is 5.95. The number of aromatic nitrogens is 6. The van der Waals surface area contributed by atoms with Crippen molar-refractivity contribution in [3.8, 4) is 28.1 Å². The van der Waals surface area contributed by atoms with Crippen molar-refractivity contribution < 1.29 is 14.3 Å². The van der Waals surface area contributed by atoms with E-state index < -0.39 is 0 Å². The van der Waals surface area contributed by atoms with Crippen LogP contribution in [0.25, 0.3) is 27.9 Å². The number of fused-ring (bicyclic) bond motifs is 1. The van der Waals surface area contributed by atoms with Crippen LogP contribution < -0.4 is 10.1 Å². The molecule has 158 valence electrons. The van der Waals surface area contributed by atoms with Crippen LogP contribution in [-0.4, -0.2) is 61.6 Å². The smallest absolute Gasteiger partial charge is 0.252 e. The fourth-order valence-corrected chi connectivity index (χ4v) is 3.57. The van der Waals surface area contributed by atoms with Gasteiger partial charge in [0.25, 0.3) is 5.91 Å². The molecule has 1 unspecified atom stereocenters. The van der Waals surface area contributed by atoms with Gasteiger partial charge in [0.1, 0.15) is 6.10 Å². The monoisotopic (exact) mass is 419 g/mol. The highest BCUT2D eigenvalue weighted by atomic mass is 16.5. The van der Waals surface area contributed by atoms with E-state index in [0.717, 1.165) is 28.7 Å². The first kappa shape index (κ1) is 19.2. The van der Waals surface area contributed by atoms with Gasteiger partial charge in [0.2, 0.25) is 5.88 Å². The fourth-order valence-electron chi connectivity index (χ4n) is 3.57. The van der Waals surface area contributed by atoms with Gasteiger partial charge in [0.15, 0.2) is 5.65 Å². The quantitative estimate of drug-likeness (QED) is 0.525. The third kappa shape index (κ3) is 3.61. The Morgan fingerprint density at radius 2 is 2.06 bits per heavy atom. The summed E-state index contributed by atoms with van der Waals surface area (Å²) in [5, 5.41) is 11.4. The molecule has 10 heteroatoms. The molecule has 5 rings (SSSR count). The number of amides is 1. The summed E-state index contributed by atoms with van der Waals surface area (Å²) in [6, 6.07) is 1.77. The van der Waals surface area contributed by atoms with Crippen molar-refractivity contribution in [1.29, 1.82) is 0 Å². The van der Waals surface area contributed by atoms with Crippen molar-refractivity contribution in [2.45, 2.75) is 12.5 Å². The Labute approximate surface area is 177 Å². The van der Waals surface area contributed by atoms with E-state index in [4.69, 9.17) is 14.5 Å². The molecule has 0 aromatic carbocycles. The summed E-state index contributed by atoms with van der Waals surface area (Å²) in [6.07, 6.45) is 11.2. The van der Waals surface area contributed by atoms with Crippen molar-refractivity contribution in [3.63, 3.8) is 0 Å². The summed E-state index contributed by atoms with van der Waals surface area (Å²) in [6.45, 7) is 1.20. The van der Waals surface area contributed by atoms with Crippen molar-refractivity contribution in [1.82, 2.24) is 34.7 Å². The first-order chi connectivity index (χ1) is 15.1. The van der Waals surface area contributed by atoms with Crippen LogP contribution in [0.4, 0.5) is 0 Å². The van der Waals surface area contributed by atoms with Crippen LogP contribution in [0.1, 0.15) is 16.8 Å². The van der Waals surface area contributed by atoms with Gasteiger partial charge in [-0.15, -0.1) is 0 Å². The Bertz CT molecular complexity index is 1260. The Kier molecular flexibility index (Phi) is 4.83. The zero-order valence-corrected chi connectivity index (χ0v) is 17.1. The van der Waals surface area contributed by atoms with Gasteiger partial charge >= 0.3 is 0 Å². The standard InChI is InChI=1S/C21H21N7O3/c1-22-20(29)14-5-13(6-23-7-14)17-9-25-28-11-18(15-8-24-27(2)10-15)21(26-19(17)28)31-16-3-4-30-12-16/h5-11,16H,3-4,12H2,1-2H3,(H,22,29). The predicted octanol–water partition coefficient (Wildman–Crippen LogP) is 1.72. The van der Waals surface area contributed by atoms with Crippen LogP contribution >= 0.6 is 0 Å². The number of aryl methyl sites for hydroxylation is 1. The van der Waals surface area contributed by atoms with Crippen LogP contribution in [0.15, 0.2) is 43.2 Å². The number of pyridine rings is 1. The van der Waals surface area contributed by atoms with Crippen molar-refractivity contribution >= 4 is 11.6 Å². The second kappa shape index (κ2) is 7.80. The molecule has 31 heavy (non-hydrogen) atoms. The molecule has 1 saturated heterocycles. The average molecular weight is 419 g/mol. The van der Waals surface area contributed by atoms with E-state index >= 15 is 0 Å². The van der Waals surface area contributed by atoms with E-state index in [1.54, 1.807) is 40.9 Å². The van der Waals surface area contributed by atoms with E-state index in [1.165, 1.54) is 6.20 Å². The summed E-state index contributed by atoms with van der Waals surface area (Å²) in [5.74, 6) is 0.288. The SMILES string of the molecule is CNC(=O)c1cncc(-c2cnn3cc(-c4cnn(C)c4)c(OC4CCOC4)nc23)c1. The molecule has 1 fully saturated rings. The molecule has 1 aliphatic rings. The number of nitrogens with zero attached hydrogens (tertiary/aromatic N) is 6. The topological polar surface area (TPSA) is 108 Å².